The minimum atomic E-state index is -3.27. The summed E-state index contributed by atoms with van der Waals surface area (Å²) in [6.45, 7) is -0.324. The van der Waals surface area contributed by atoms with Crippen molar-refractivity contribution in [3.05, 3.63) is 30.0 Å². The van der Waals surface area contributed by atoms with Crippen LogP contribution < -0.4 is 4.72 Å². The van der Waals surface area contributed by atoms with Crippen LogP contribution in [0.1, 0.15) is 56.5 Å². The van der Waals surface area contributed by atoms with E-state index >= 15 is 0 Å². The zero-order chi connectivity index (χ0) is 21.9. The molecule has 3 heterocycles. The molecule has 4 N–H and O–H groups in total. The number of fused-ring (bicyclic) bond motifs is 3. The number of imidazole rings is 1. The highest BCUT2D eigenvalue weighted by molar-refractivity contribution is 7.90. The first kappa shape index (κ1) is 19.5. The highest BCUT2D eigenvalue weighted by Gasteiger charge is 2.86. The minimum Gasteiger partial charge on any atom is -0.394 e. The van der Waals surface area contributed by atoms with Gasteiger partial charge in [-0.05, 0) is 51.0 Å². The summed E-state index contributed by atoms with van der Waals surface area (Å²) >= 11 is 0. The maximum atomic E-state index is 12.9. The van der Waals surface area contributed by atoms with Crippen LogP contribution in [0.15, 0.2) is 18.5 Å². The van der Waals surface area contributed by atoms with Crippen molar-refractivity contribution in [3.63, 3.8) is 0 Å². The number of nitrogens with zero attached hydrogens (tertiary/aromatic N) is 3. The highest BCUT2D eigenvalue weighted by atomic mass is 32.2. The van der Waals surface area contributed by atoms with Crippen LogP contribution in [0.5, 0.6) is 0 Å². The Hall–Kier alpha value is -2.01. The van der Waals surface area contributed by atoms with Crippen molar-refractivity contribution in [2.24, 2.45) is 5.41 Å². The first-order valence-corrected chi connectivity index (χ1v) is 13.1. The normalized spacial score (nSPS) is 34.4. The van der Waals surface area contributed by atoms with E-state index in [9.17, 15) is 18.6 Å². The topological polar surface area (TPSA) is 133 Å². The average molecular weight is 458 g/mol. The molecule has 3 aromatic heterocycles. The van der Waals surface area contributed by atoms with Crippen molar-refractivity contribution in [3.8, 4) is 0 Å². The van der Waals surface area contributed by atoms with E-state index < -0.39 is 16.1 Å². The van der Waals surface area contributed by atoms with Gasteiger partial charge in [-0.1, -0.05) is 0 Å². The lowest BCUT2D eigenvalue weighted by molar-refractivity contribution is 0.0927. The molecule has 32 heavy (non-hydrogen) atoms. The monoisotopic (exact) mass is 457 g/mol. The third-order valence-corrected chi connectivity index (χ3v) is 10.9. The molecule has 0 aromatic carbocycles. The van der Waals surface area contributed by atoms with E-state index in [1.165, 1.54) is 0 Å². The maximum absolute atomic E-state index is 12.9. The van der Waals surface area contributed by atoms with Crippen LogP contribution in [0.25, 0.3) is 16.7 Å². The zero-order valence-electron chi connectivity index (χ0n) is 17.7. The van der Waals surface area contributed by atoms with Crippen LogP contribution in [0.4, 0.5) is 0 Å². The summed E-state index contributed by atoms with van der Waals surface area (Å²) in [5, 5.41) is 19.3. The molecule has 0 amide bonds. The Morgan fingerprint density at radius 2 is 2.06 bits per heavy atom. The Labute approximate surface area is 185 Å². The van der Waals surface area contributed by atoms with Gasteiger partial charge in [0.05, 0.1) is 40.9 Å². The number of hydrogen-bond donors (Lipinski definition) is 4. The molecule has 7 rings (SSSR count). The molecule has 4 aliphatic rings. The van der Waals surface area contributed by atoms with Gasteiger partial charge in [-0.15, -0.1) is 0 Å². The number of aliphatic hydroxyl groups is 2. The van der Waals surface area contributed by atoms with Crippen molar-refractivity contribution in [1.82, 2.24) is 24.1 Å². The van der Waals surface area contributed by atoms with Gasteiger partial charge in [0.15, 0.2) is 5.65 Å². The van der Waals surface area contributed by atoms with Gasteiger partial charge < -0.3 is 15.2 Å². The number of H-pyrrole nitrogens is 1. The maximum Gasteiger partial charge on any atom is 0.215 e. The van der Waals surface area contributed by atoms with Crippen molar-refractivity contribution in [2.75, 3.05) is 6.61 Å². The van der Waals surface area contributed by atoms with Crippen LogP contribution in [0, 0.1) is 5.41 Å². The number of hydrogen-bond acceptors (Lipinski definition) is 6. The van der Waals surface area contributed by atoms with Gasteiger partial charge in [0.2, 0.25) is 10.0 Å². The summed E-state index contributed by atoms with van der Waals surface area (Å²) in [5.74, 6) is 0.951. The van der Waals surface area contributed by atoms with E-state index in [0.29, 0.717) is 0 Å². The molecule has 1 spiro atoms. The Balaban J connectivity index is 1.37. The summed E-state index contributed by atoms with van der Waals surface area (Å²) in [5.41, 5.74) is 2.66. The number of aromatic amines is 1. The smallest absolute Gasteiger partial charge is 0.215 e. The molecule has 0 bridgehead atoms. The first-order chi connectivity index (χ1) is 15.3. The van der Waals surface area contributed by atoms with Gasteiger partial charge in [-0.3, -0.25) is 4.40 Å². The second-order valence-electron chi connectivity index (χ2n) is 10.4. The summed E-state index contributed by atoms with van der Waals surface area (Å²) in [7, 11) is -3.27. The second-order valence-corrected chi connectivity index (χ2v) is 12.3. The third kappa shape index (κ3) is 2.21. The van der Waals surface area contributed by atoms with Gasteiger partial charge in [-0.2, -0.15) is 0 Å². The van der Waals surface area contributed by atoms with E-state index in [-0.39, 0.29) is 34.6 Å². The summed E-state index contributed by atoms with van der Waals surface area (Å²) in [6.07, 6.45) is 9.10. The second kappa shape index (κ2) is 5.91. The molecule has 3 aromatic rings. The molecule has 10 heteroatoms. The minimum absolute atomic E-state index is 0.0813. The van der Waals surface area contributed by atoms with Gasteiger partial charge >= 0.3 is 0 Å². The molecule has 0 aliphatic heterocycles. The first-order valence-electron chi connectivity index (χ1n) is 11.5. The van der Waals surface area contributed by atoms with Crippen molar-refractivity contribution < 1.29 is 18.6 Å². The lowest BCUT2D eigenvalue weighted by Gasteiger charge is -2.49. The highest BCUT2D eigenvalue weighted by Crippen LogP contribution is 2.84. The summed E-state index contributed by atoms with van der Waals surface area (Å²) in [6, 6.07) is 1.98. The fourth-order valence-corrected chi connectivity index (χ4v) is 8.85. The zero-order valence-corrected chi connectivity index (χ0v) is 18.5. The van der Waals surface area contributed by atoms with Crippen LogP contribution in [0.3, 0.4) is 0 Å². The van der Waals surface area contributed by atoms with Crippen molar-refractivity contribution in [1.29, 1.82) is 0 Å². The van der Waals surface area contributed by atoms with Crippen molar-refractivity contribution in [2.45, 2.75) is 73.7 Å². The number of aromatic nitrogens is 4. The molecular weight excluding hydrogens is 430 g/mol. The third-order valence-electron chi connectivity index (χ3n) is 8.89. The summed E-state index contributed by atoms with van der Waals surface area (Å²) in [4.78, 5) is 12.7. The lowest BCUT2D eigenvalue weighted by Crippen LogP contribution is -2.61. The van der Waals surface area contributed by atoms with Crippen LogP contribution in [-0.4, -0.2) is 61.5 Å². The number of rotatable bonds is 7. The van der Waals surface area contributed by atoms with E-state index in [4.69, 9.17) is 4.98 Å². The molecule has 4 saturated carbocycles. The van der Waals surface area contributed by atoms with E-state index in [1.54, 1.807) is 6.20 Å². The van der Waals surface area contributed by atoms with E-state index in [2.05, 4.69) is 19.1 Å². The van der Waals surface area contributed by atoms with Gasteiger partial charge in [0.25, 0.3) is 0 Å². The SMILES string of the molecule is O=S(=O)(NC12CCC3(c4nc(CC(O)CO)c5cnc6[nH]ccc6n45)CC13CC2)C1CC1. The standard InChI is InChI=1S/C22H27N5O4S/c28-11-13(29)9-15-17-10-24-18-16(3-8-23-18)27(17)19(25-15)20-4-6-22(7-5-21(20,22)12-20)26-32(30,31)14-1-2-14/h3,8,10,13-14,23,26,28-29H,1-2,4-7,9,11-12H2. The molecule has 9 nitrogen and oxygen atoms in total. The van der Waals surface area contributed by atoms with Gasteiger partial charge in [0.1, 0.15) is 5.82 Å². The van der Waals surface area contributed by atoms with Gasteiger partial charge in [0, 0.05) is 29.0 Å². The number of aliphatic hydroxyl groups excluding tert-OH is 2. The number of sulfonamides is 1. The van der Waals surface area contributed by atoms with Gasteiger partial charge in [-0.25, -0.2) is 23.1 Å². The van der Waals surface area contributed by atoms with Crippen LogP contribution in [0.2, 0.25) is 0 Å². The Kier molecular flexibility index (Phi) is 3.59. The molecule has 4 unspecified atom stereocenters. The fourth-order valence-electron chi connectivity index (χ4n) is 6.99. The van der Waals surface area contributed by atoms with E-state index in [1.807, 2.05) is 12.3 Å². The molecule has 0 radical (unpaired) electrons. The predicted octanol–water partition coefficient (Wildman–Crippen LogP) is 1.14. The average Bonchev–Trinajstić information content (AvgIpc) is 3.64. The quantitative estimate of drug-likeness (QED) is 0.421. The largest absolute Gasteiger partial charge is 0.394 e. The Morgan fingerprint density at radius 1 is 1.25 bits per heavy atom. The fraction of sp³-hybridized carbons (Fsp3) is 0.636. The van der Waals surface area contributed by atoms with E-state index in [0.717, 1.165) is 73.1 Å². The molecule has 170 valence electrons. The predicted molar refractivity (Wildman–Crippen MR) is 117 cm³/mol. The van der Waals surface area contributed by atoms with Crippen LogP contribution >= 0.6 is 0 Å². The Morgan fingerprint density at radius 3 is 2.78 bits per heavy atom. The molecule has 0 saturated heterocycles. The summed E-state index contributed by atoms with van der Waals surface area (Å²) < 4.78 is 31.0. The molecule has 4 fully saturated rings. The van der Waals surface area contributed by atoms with Crippen molar-refractivity contribution >= 4 is 26.7 Å². The van der Waals surface area contributed by atoms with Crippen LogP contribution in [-0.2, 0) is 21.9 Å². The molecule has 4 atom stereocenters. The molecule has 4 aliphatic carbocycles. The lowest BCUT2D eigenvalue weighted by atomic mass is 9.64. The number of nitrogens with one attached hydrogen (secondary N) is 2. The Bertz CT molecular complexity index is 1370. The molecular formula is C22H27N5O4S.